The molecule has 2 fully saturated rings. The average Bonchev–Trinajstić information content (AvgIpc) is 2.73. The molecule has 1 N–H and O–H groups in total. The molecule has 0 saturated heterocycles. The summed E-state index contributed by atoms with van der Waals surface area (Å²) in [6, 6.07) is 8.75. The van der Waals surface area contributed by atoms with Crippen LogP contribution in [0.4, 0.5) is 5.69 Å². The lowest BCUT2D eigenvalue weighted by Crippen LogP contribution is -2.35. The molecule has 2 aliphatic rings. The number of nitrogens with zero attached hydrogens (tertiary/aromatic N) is 1. The number of fused-ring (bicyclic) bond motifs is 2. The van der Waals surface area contributed by atoms with Crippen molar-refractivity contribution in [2.24, 2.45) is 16.7 Å². The van der Waals surface area contributed by atoms with Crippen LogP contribution in [0.15, 0.2) is 29.8 Å². The first kappa shape index (κ1) is 15.8. The molecule has 0 radical (unpaired) electrons. The Balaban J connectivity index is 1.94. The summed E-state index contributed by atoms with van der Waals surface area (Å²) in [5.74, 6) is 0.519. The van der Waals surface area contributed by atoms with Crippen molar-refractivity contribution in [2.45, 2.75) is 39.7 Å². The molecular formula is C20H30NO+. The van der Waals surface area contributed by atoms with E-state index in [0.29, 0.717) is 5.92 Å². The average molecular weight is 300 g/mol. The molecule has 120 valence electrons. The Morgan fingerprint density at radius 1 is 1.09 bits per heavy atom. The molecular weight excluding hydrogens is 270 g/mol. The highest BCUT2D eigenvalue weighted by Crippen LogP contribution is 2.67. The van der Waals surface area contributed by atoms with Crippen LogP contribution >= 0.6 is 0 Å². The third-order valence-corrected chi connectivity index (χ3v) is 6.62. The van der Waals surface area contributed by atoms with Crippen molar-refractivity contribution in [1.82, 2.24) is 4.48 Å². The first-order valence-electron chi connectivity index (χ1n) is 8.39. The van der Waals surface area contributed by atoms with Crippen molar-refractivity contribution in [2.75, 3.05) is 21.1 Å². The minimum atomic E-state index is -0.292. The van der Waals surface area contributed by atoms with Crippen LogP contribution in [0.1, 0.15) is 39.2 Å². The van der Waals surface area contributed by atoms with E-state index < -0.39 is 0 Å². The van der Waals surface area contributed by atoms with E-state index in [9.17, 15) is 5.11 Å². The monoisotopic (exact) mass is 300 g/mol. The normalized spacial score (nSPS) is 35.3. The zero-order valence-electron chi connectivity index (χ0n) is 14.9. The van der Waals surface area contributed by atoms with E-state index in [0.717, 1.165) is 10.9 Å². The second-order valence-corrected chi connectivity index (χ2v) is 8.88. The van der Waals surface area contributed by atoms with Crippen LogP contribution in [-0.4, -0.2) is 32.4 Å². The highest BCUT2D eigenvalue weighted by Gasteiger charge is 2.63. The zero-order valence-corrected chi connectivity index (χ0v) is 14.9. The highest BCUT2D eigenvalue weighted by molar-refractivity contribution is 5.60. The van der Waals surface area contributed by atoms with E-state index in [1.165, 1.54) is 23.2 Å². The first-order valence-corrected chi connectivity index (χ1v) is 8.39. The Kier molecular flexibility index (Phi) is 3.36. The first-order chi connectivity index (χ1) is 10.1. The summed E-state index contributed by atoms with van der Waals surface area (Å²) >= 11 is 0. The highest BCUT2D eigenvalue weighted by atomic mass is 16.3. The van der Waals surface area contributed by atoms with Crippen molar-refractivity contribution >= 4 is 11.8 Å². The number of aliphatic hydroxyl groups excluding tert-OH is 1. The van der Waals surface area contributed by atoms with Gasteiger partial charge in [0.1, 0.15) is 5.69 Å². The van der Waals surface area contributed by atoms with Crippen LogP contribution < -0.4 is 4.48 Å². The number of hydrogen-bond donors (Lipinski definition) is 1. The van der Waals surface area contributed by atoms with Gasteiger partial charge in [0.05, 0.1) is 27.2 Å². The summed E-state index contributed by atoms with van der Waals surface area (Å²) in [4.78, 5) is 0. The third-order valence-electron chi connectivity index (χ3n) is 6.62. The van der Waals surface area contributed by atoms with Crippen molar-refractivity contribution < 1.29 is 5.11 Å². The van der Waals surface area contributed by atoms with E-state index in [4.69, 9.17) is 0 Å². The molecule has 2 bridgehead atoms. The number of rotatable bonds is 2. The summed E-state index contributed by atoms with van der Waals surface area (Å²) in [5, 5.41) is 10.8. The molecule has 0 aromatic heterocycles. The van der Waals surface area contributed by atoms with Crippen LogP contribution in [-0.2, 0) is 0 Å². The van der Waals surface area contributed by atoms with E-state index in [1.807, 2.05) is 0 Å². The van der Waals surface area contributed by atoms with Crippen molar-refractivity contribution in [3.05, 3.63) is 35.4 Å². The van der Waals surface area contributed by atoms with Crippen LogP contribution in [0.25, 0.3) is 6.08 Å². The fourth-order valence-corrected chi connectivity index (χ4v) is 4.55. The van der Waals surface area contributed by atoms with Gasteiger partial charge in [-0.2, -0.15) is 0 Å². The minimum absolute atomic E-state index is 0.0335. The van der Waals surface area contributed by atoms with Gasteiger partial charge in [0, 0.05) is 5.41 Å². The smallest absolute Gasteiger partial charge is 0.132 e. The summed E-state index contributed by atoms with van der Waals surface area (Å²) in [7, 11) is 6.53. The second-order valence-electron chi connectivity index (χ2n) is 8.88. The molecule has 2 heteroatoms. The zero-order chi connectivity index (χ0) is 16.3. The fraction of sp³-hybridized carbons (Fsp3) is 0.600. The Bertz CT molecular complexity index is 606. The Morgan fingerprint density at radius 3 is 2.14 bits per heavy atom. The van der Waals surface area contributed by atoms with Gasteiger partial charge in [0.2, 0.25) is 0 Å². The van der Waals surface area contributed by atoms with E-state index in [2.05, 4.69) is 72.3 Å². The molecule has 0 spiro atoms. The van der Waals surface area contributed by atoms with Crippen molar-refractivity contribution in [3.63, 3.8) is 0 Å². The molecule has 2 nitrogen and oxygen atoms in total. The summed E-state index contributed by atoms with van der Waals surface area (Å²) in [6.07, 6.45) is 4.30. The van der Waals surface area contributed by atoms with Gasteiger partial charge < -0.3 is 5.11 Å². The summed E-state index contributed by atoms with van der Waals surface area (Å²) in [5.41, 5.74) is 3.98. The number of quaternary nitrogens is 1. The van der Waals surface area contributed by atoms with Gasteiger partial charge in [-0.25, -0.2) is 0 Å². The van der Waals surface area contributed by atoms with Gasteiger partial charge in [-0.15, -0.1) is 0 Å². The quantitative estimate of drug-likeness (QED) is 0.816. The predicted molar refractivity (Wildman–Crippen MR) is 94.6 cm³/mol. The molecule has 0 aliphatic heterocycles. The molecule has 0 amide bonds. The molecule has 1 aromatic carbocycles. The number of aliphatic hydroxyl groups is 1. The maximum absolute atomic E-state index is 10.8. The van der Waals surface area contributed by atoms with Crippen molar-refractivity contribution in [3.8, 4) is 0 Å². The Labute approximate surface area is 135 Å². The van der Waals surface area contributed by atoms with Gasteiger partial charge in [-0.3, -0.25) is 4.48 Å². The lowest BCUT2D eigenvalue weighted by Gasteiger charge is -2.36. The Morgan fingerprint density at radius 2 is 1.68 bits per heavy atom. The van der Waals surface area contributed by atoms with Crippen LogP contribution in [0.3, 0.4) is 0 Å². The van der Waals surface area contributed by atoms with Gasteiger partial charge in [-0.1, -0.05) is 26.8 Å². The molecule has 1 aromatic rings. The topological polar surface area (TPSA) is 20.2 Å². The van der Waals surface area contributed by atoms with Gasteiger partial charge >= 0.3 is 0 Å². The van der Waals surface area contributed by atoms with E-state index in [-0.39, 0.29) is 16.9 Å². The standard InChI is InChI=1S/C20H30NO/c1-19(2)17-11-12-20(19,3)18(22)16(17)13-14-7-9-15(10-8-14)21(4,5)6/h7-10,13,17-18,22H,11-12H2,1-6H3/q+1. The second kappa shape index (κ2) is 4.69. The molecule has 3 unspecified atom stereocenters. The molecule has 3 rings (SSSR count). The summed E-state index contributed by atoms with van der Waals surface area (Å²) < 4.78 is 0.827. The fourth-order valence-electron chi connectivity index (χ4n) is 4.55. The Hall–Kier alpha value is -1.12. The SMILES string of the molecule is CC1(C)C2CCC1(C)C(O)C2=Cc1ccc([N+](C)(C)C)cc1. The molecule has 2 saturated carbocycles. The van der Waals surface area contributed by atoms with Crippen molar-refractivity contribution in [1.29, 1.82) is 0 Å². The summed E-state index contributed by atoms with van der Waals surface area (Å²) in [6.45, 7) is 6.92. The maximum atomic E-state index is 10.8. The minimum Gasteiger partial charge on any atom is -0.388 e. The molecule has 2 aliphatic carbocycles. The van der Waals surface area contributed by atoms with Gasteiger partial charge in [-0.05, 0) is 59.6 Å². The maximum Gasteiger partial charge on any atom is 0.132 e. The van der Waals surface area contributed by atoms with Crippen LogP contribution in [0, 0.1) is 16.7 Å². The third kappa shape index (κ3) is 2.08. The molecule has 0 heterocycles. The van der Waals surface area contributed by atoms with Gasteiger partial charge in [0.25, 0.3) is 0 Å². The number of benzene rings is 1. The number of hydrogen-bond acceptors (Lipinski definition) is 1. The van der Waals surface area contributed by atoms with E-state index in [1.54, 1.807) is 0 Å². The largest absolute Gasteiger partial charge is 0.388 e. The van der Waals surface area contributed by atoms with Crippen LogP contribution in [0.5, 0.6) is 0 Å². The lowest BCUT2D eigenvalue weighted by atomic mass is 9.70. The molecule has 3 atom stereocenters. The van der Waals surface area contributed by atoms with Crippen LogP contribution in [0.2, 0.25) is 0 Å². The molecule has 22 heavy (non-hydrogen) atoms. The van der Waals surface area contributed by atoms with Gasteiger partial charge in [0.15, 0.2) is 0 Å². The lowest BCUT2D eigenvalue weighted by molar-refractivity contribution is 0.0264. The van der Waals surface area contributed by atoms with E-state index >= 15 is 0 Å². The predicted octanol–water partition coefficient (Wildman–Crippen LogP) is 4.08.